The largest absolute Gasteiger partial charge is 0.573 e. The summed E-state index contributed by atoms with van der Waals surface area (Å²) in [7, 11) is 1.58. The first-order valence-electron chi connectivity index (χ1n) is 7.14. The second-order valence-electron chi connectivity index (χ2n) is 6.02. The third-order valence-corrected chi connectivity index (χ3v) is 4.15. The molecule has 1 aliphatic rings. The van der Waals surface area contributed by atoms with Gasteiger partial charge in [0.2, 0.25) is 0 Å². The second-order valence-corrected chi connectivity index (χ2v) is 7.45. The number of amides is 1. The SMILES string of the molecule is Bc1cc(OC(F)(F)F)cc(Br)c1C1=C(OC(C)=S)C(C)(C)NC1=O. The van der Waals surface area contributed by atoms with Crippen LogP contribution in [-0.2, 0) is 9.53 Å². The number of alkyl halides is 3. The molecule has 1 aliphatic heterocycles. The number of hydrogen-bond acceptors (Lipinski definition) is 4. The molecule has 10 heteroatoms. The second kappa shape index (κ2) is 6.64. The lowest BCUT2D eigenvalue weighted by atomic mass is 9.85. The summed E-state index contributed by atoms with van der Waals surface area (Å²) in [5.74, 6) is -0.463. The van der Waals surface area contributed by atoms with Crippen molar-refractivity contribution in [3.8, 4) is 5.75 Å². The van der Waals surface area contributed by atoms with Crippen molar-refractivity contribution in [2.75, 3.05) is 0 Å². The standard InChI is InChI=1S/C15H14BBrF3NO3S/c1-6(25)23-12-11(13(22)21-14(12,2)3)10-8(16)4-7(5-9(10)17)24-15(18,19)20/h4-5H,16H2,1-3H3,(H,21,22). The van der Waals surface area contributed by atoms with Crippen molar-refractivity contribution in [1.82, 2.24) is 5.32 Å². The molecule has 0 radical (unpaired) electrons. The molecule has 4 nitrogen and oxygen atoms in total. The van der Waals surface area contributed by atoms with Gasteiger partial charge in [0.05, 0.1) is 11.1 Å². The maximum absolute atomic E-state index is 12.5. The van der Waals surface area contributed by atoms with Crippen molar-refractivity contribution in [3.63, 3.8) is 0 Å². The highest BCUT2D eigenvalue weighted by Crippen LogP contribution is 2.37. The molecule has 1 N–H and O–H groups in total. The predicted octanol–water partition coefficient (Wildman–Crippen LogP) is 2.59. The van der Waals surface area contributed by atoms with Gasteiger partial charge < -0.3 is 14.8 Å². The molecule has 0 spiro atoms. The normalized spacial score (nSPS) is 16.7. The first-order chi connectivity index (χ1) is 11.3. The van der Waals surface area contributed by atoms with Crippen molar-refractivity contribution in [3.05, 3.63) is 27.9 Å². The average molecular weight is 436 g/mol. The summed E-state index contributed by atoms with van der Waals surface area (Å²) in [5.41, 5.74) is 0.250. The van der Waals surface area contributed by atoms with E-state index in [-0.39, 0.29) is 20.8 Å². The van der Waals surface area contributed by atoms with E-state index in [4.69, 9.17) is 17.0 Å². The number of thiocarbonyl (C=S) groups is 1. The quantitative estimate of drug-likeness (QED) is 0.585. The van der Waals surface area contributed by atoms with Crippen LogP contribution >= 0.6 is 28.1 Å². The zero-order valence-electron chi connectivity index (χ0n) is 13.8. The van der Waals surface area contributed by atoms with Gasteiger partial charge in [0.1, 0.15) is 19.4 Å². The maximum Gasteiger partial charge on any atom is 0.573 e. The van der Waals surface area contributed by atoms with Gasteiger partial charge in [-0.05, 0) is 43.8 Å². The van der Waals surface area contributed by atoms with Crippen LogP contribution in [0.5, 0.6) is 5.75 Å². The van der Waals surface area contributed by atoms with E-state index < -0.39 is 17.8 Å². The van der Waals surface area contributed by atoms with E-state index >= 15 is 0 Å². The van der Waals surface area contributed by atoms with Gasteiger partial charge in [-0.15, -0.1) is 13.2 Å². The summed E-state index contributed by atoms with van der Waals surface area (Å²) < 4.78 is 47.1. The fourth-order valence-corrected chi connectivity index (χ4v) is 3.41. The van der Waals surface area contributed by atoms with Gasteiger partial charge in [-0.1, -0.05) is 21.4 Å². The van der Waals surface area contributed by atoms with Crippen molar-refractivity contribution >= 4 is 58.0 Å². The van der Waals surface area contributed by atoms with Crippen LogP contribution < -0.4 is 15.5 Å². The Morgan fingerprint density at radius 1 is 1.36 bits per heavy atom. The molecule has 2 rings (SSSR count). The molecule has 0 unspecified atom stereocenters. The van der Waals surface area contributed by atoms with E-state index in [2.05, 4.69) is 26.0 Å². The molecule has 1 aromatic rings. The van der Waals surface area contributed by atoms with Gasteiger partial charge in [0.15, 0.2) is 5.05 Å². The Balaban J connectivity index is 2.63. The van der Waals surface area contributed by atoms with Gasteiger partial charge >= 0.3 is 6.36 Å². The number of carbonyl (C=O) groups is 1. The summed E-state index contributed by atoms with van der Waals surface area (Å²) in [5, 5.41) is 3.00. The minimum absolute atomic E-state index is 0.220. The Morgan fingerprint density at radius 2 is 1.96 bits per heavy atom. The zero-order valence-corrected chi connectivity index (χ0v) is 16.2. The molecule has 0 aliphatic carbocycles. The lowest BCUT2D eigenvalue weighted by molar-refractivity contribution is -0.274. The molecule has 0 fully saturated rings. The predicted molar refractivity (Wildman–Crippen MR) is 97.5 cm³/mol. The van der Waals surface area contributed by atoms with Crippen LogP contribution in [0.15, 0.2) is 22.4 Å². The van der Waals surface area contributed by atoms with E-state index in [0.29, 0.717) is 16.8 Å². The summed E-state index contributed by atoms with van der Waals surface area (Å²) in [6.07, 6.45) is -4.80. The molecular weight excluding hydrogens is 422 g/mol. The maximum atomic E-state index is 12.5. The highest BCUT2D eigenvalue weighted by molar-refractivity contribution is 9.10. The van der Waals surface area contributed by atoms with E-state index in [1.165, 1.54) is 6.07 Å². The fraction of sp³-hybridized carbons (Fsp3) is 0.333. The topological polar surface area (TPSA) is 47.6 Å². The fourth-order valence-electron chi connectivity index (χ4n) is 2.59. The van der Waals surface area contributed by atoms with Crippen LogP contribution in [0.2, 0.25) is 0 Å². The average Bonchev–Trinajstić information content (AvgIpc) is 2.57. The van der Waals surface area contributed by atoms with Crippen LogP contribution in [0.3, 0.4) is 0 Å². The molecule has 0 atom stereocenters. The highest BCUT2D eigenvalue weighted by atomic mass is 79.9. The van der Waals surface area contributed by atoms with E-state index in [1.807, 2.05) is 0 Å². The molecule has 0 saturated carbocycles. The number of rotatable bonds is 3. The van der Waals surface area contributed by atoms with Crippen LogP contribution in [0, 0.1) is 0 Å². The highest BCUT2D eigenvalue weighted by Gasteiger charge is 2.42. The number of hydrogen-bond donors (Lipinski definition) is 1. The molecule has 1 heterocycles. The Hall–Kier alpha value is -1.55. The van der Waals surface area contributed by atoms with E-state index in [1.54, 1.807) is 28.6 Å². The zero-order chi connectivity index (χ0) is 19.2. The first-order valence-corrected chi connectivity index (χ1v) is 8.34. The van der Waals surface area contributed by atoms with Gasteiger partial charge in [-0.2, -0.15) is 0 Å². The van der Waals surface area contributed by atoms with Crippen molar-refractivity contribution in [1.29, 1.82) is 0 Å². The molecule has 0 bridgehead atoms. The van der Waals surface area contributed by atoms with Crippen LogP contribution in [-0.4, -0.2) is 30.7 Å². The van der Waals surface area contributed by atoms with Gasteiger partial charge in [-0.25, -0.2) is 0 Å². The van der Waals surface area contributed by atoms with Crippen molar-refractivity contribution in [2.24, 2.45) is 0 Å². The number of nitrogens with one attached hydrogen (secondary N) is 1. The Kier molecular flexibility index (Phi) is 5.25. The Bertz CT molecular complexity index is 770. The molecule has 1 aromatic carbocycles. The Labute approximate surface area is 157 Å². The minimum atomic E-state index is -4.80. The third kappa shape index (κ3) is 4.35. The molecule has 134 valence electrons. The van der Waals surface area contributed by atoms with Crippen LogP contribution in [0.4, 0.5) is 13.2 Å². The number of carbonyl (C=O) groups excluding carboxylic acids is 1. The van der Waals surface area contributed by atoms with Gasteiger partial charge in [0, 0.05) is 11.4 Å². The summed E-state index contributed by atoms with van der Waals surface area (Å²) in [6, 6.07) is 2.37. The lowest BCUT2D eigenvalue weighted by Crippen LogP contribution is -2.39. The molecular formula is C15H14BBrF3NO3S. The van der Waals surface area contributed by atoms with Gasteiger partial charge in [-0.3, -0.25) is 4.79 Å². The van der Waals surface area contributed by atoms with Crippen molar-refractivity contribution < 1.29 is 27.4 Å². The number of ether oxygens (including phenoxy) is 2. The van der Waals surface area contributed by atoms with E-state index in [0.717, 1.165) is 6.07 Å². The number of benzene rings is 1. The monoisotopic (exact) mass is 435 g/mol. The number of halogens is 4. The smallest absolute Gasteiger partial charge is 0.452 e. The van der Waals surface area contributed by atoms with Crippen molar-refractivity contribution in [2.45, 2.75) is 32.7 Å². The van der Waals surface area contributed by atoms with E-state index in [9.17, 15) is 18.0 Å². The first kappa shape index (κ1) is 19.8. The minimum Gasteiger partial charge on any atom is -0.452 e. The summed E-state index contributed by atoms with van der Waals surface area (Å²) in [6.45, 7) is 5.06. The summed E-state index contributed by atoms with van der Waals surface area (Å²) in [4.78, 5) is 12.5. The van der Waals surface area contributed by atoms with Crippen LogP contribution in [0.1, 0.15) is 26.3 Å². The molecule has 1 amide bonds. The van der Waals surface area contributed by atoms with Crippen LogP contribution in [0.25, 0.3) is 5.57 Å². The Morgan fingerprint density at radius 3 is 2.44 bits per heavy atom. The van der Waals surface area contributed by atoms with Gasteiger partial charge in [0.25, 0.3) is 5.91 Å². The molecule has 0 aromatic heterocycles. The molecule has 25 heavy (non-hydrogen) atoms. The lowest BCUT2D eigenvalue weighted by Gasteiger charge is -2.22. The molecule has 0 saturated heterocycles. The summed E-state index contributed by atoms with van der Waals surface area (Å²) >= 11 is 8.19. The third-order valence-electron chi connectivity index (χ3n) is 3.44.